The number of carbonyl (C=O) groups is 2. The molecule has 0 aromatic heterocycles. The Morgan fingerprint density at radius 1 is 1.00 bits per heavy atom. The van der Waals surface area contributed by atoms with Crippen LogP contribution in [0.25, 0.3) is 0 Å². The minimum Gasteiger partial charge on any atom is -0.486 e. The molecule has 1 heterocycles. The highest BCUT2D eigenvalue weighted by Gasteiger charge is 2.13. The second-order valence-electron chi connectivity index (χ2n) is 5.43. The van der Waals surface area contributed by atoms with E-state index in [4.69, 9.17) is 14.2 Å². The summed E-state index contributed by atoms with van der Waals surface area (Å²) in [5, 5.41) is 5.10. The van der Waals surface area contributed by atoms with Gasteiger partial charge in [0.15, 0.2) is 18.1 Å². The number of ether oxygens (including phenoxy) is 3. The average Bonchev–Trinajstić information content (AvgIpc) is 2.66. The second kappa shape index (κ2) is 8.19. The highest BCUT2D eigenvalue weighted by molar-refractivity contribution is 5.94. The van der Waals surface area contributed by atoms with Crippen LogP contribution in [0, 0.1) is 5.82 Å². The van der Waals surface area contributed by atoms with Gasteiger partial charge in [-0.3, -0.25) is 9.59 Å². The maximum atomic E-state index is 12.8. The van der Waals surface area contributed by atoms with Crippen molar-refractivity contribution in [2.24, 2.45) is 0 Å². The number of carbonyl (C=O) groups excluding carboxylic acids is 2. The van der Waals surface area contributed by atoms with Gasteiger partial charge in [-0.25, -0.2) is 4.39 Å². The lowest BCUT2D eigenvalue weighted by molar-refractivity contribution is -0.125. The fourth-order valence-corrected chi connectivity index (χ4v) is 2.24. The van der Waals surface area contributed by atoms with Crippen LogP contribution in [0.2, 0.25) is 0 Å². The molecule has 0 saturated heterocycles. The third-order valence-corrected chi connectivity index (χ3v) is 3.46. The second-order valence-corrected chi connectivity index (χ2v) is 5.43. The Bertz CT molecular complexity index is 795. The Kier molecular flexibility index (Phi) is 5.52. The molecule has 26 heavy (non-hydrogen) atoms. The first kappa shape index (κ1) is 17.5. The van der Waals surface area contributed by atoms with E-state index in [1.54, 1.807) is 18.2 Å². The first-order chi connectivity index (χ1) is 12.6. The van der Waals surface area contributed by atoms with Crippen LogP contribution in [0.15, 0.2) is 42.5 Å². The Labute approximate surface area is 149 Å². The molecular formula is C18H17FN2O5. The van der Waals surface area contributed by atoms with Crippen molar-refractivity contribution in [1.82, 2.24) is 5.32 Å². The van der Waals surface area contributed by atoms with Crippen LogP contribution in [-0.2, 0) is 9.59 Å². The molecule has 0 radical (unpaired) electrons. The number of rotatable bonds is 6. The maximum Gasteiger partial charge on any atom is 0.258 e. The van der Waals surface area contributed by atoms with E-state index >= 15 is 0 Å². The highest BCUT2D eigenvalue weighted by Crippen LogP contribution is 2.32. The lowest BCUT2D eigenvalue weighted by Crippen LogP contribution is -2.35. The Hall–Kier alpha value is -3.29. The molecule has 3 rings (SSSR count). The van der Waals surface area contributed by atoms with E-state index in [0.717, 1.165) is 0 Å². The number of hydrogen-bond acceptors (Lipinski definition) is 5. The van der Waals surface area contributed by atoms with E-state index < -0.39 is 17.6 Å². The molecule has 2 N–H and O–H groups in total. The number of hydrogen-bond donors (Lipinski definition) is 2. The summed E-state index contributed by atoms with van der Waals surface area (Å²) in [5.74, 6) is 0.301. The van der Waals surface area contributed by atoms with Gasteiger partial charge in [-0.15, -0.1) is 0 Å². The Morgan fingerprint density at radius 3 is 2.50 bits per heavy atom. The van der Waals surface area contributed by atoms with Crippen LogP contribution in [0.1, 0.15) is 0 Å². The molecular weight excluding hydrogens is 343 g/mol. The van der Waals surface area contributed by atoms with Crippen LogP contribution < -0.4 is 24.8 Å². The van der Waals surface area contributed by atoms with Gasteiger partial charge in [0.2, 0.25) is 5.91 Å². The van der Waals surface area contributed by atoms with Crippen molar-refractivity contribution in [3.05, 3.63) is 48.3 Å². The lowest BCUT2D eigenvalue weighted by Gasteiger charge is -2.19. The van der Waals surface area contributed by atoms with Crippen molar-refractivity contribution in [3.8, 4) is 17.2 Å². The van der Waals surface area contributed by atoms with Crippen LogP contribution in [0.3, 0.4) is 0 Å². The minimum absolute atomic E-state index is 0.208. The zero-order valence-electron chi connectivity index (χ0n) is 13.8. The van der Waals surface area contributed by atoms with Crippen molar-refractivity contribution < 1.29 is 28.2 Å². The van der Waals surface area contributed by atoms with Crippen molar-refractivity contribution >= 4 is 17.5 Å². The SMILES string of the molecule is O=C(COc1ccc(F)cc1)NCC(=O)Nc1ccc2c(c1)OCCO2. The summed E-state index contributed by atoms with van der Waals surface area (Å²) in [6.07, 6.45) is 0. The molecule has 0 aliphatic carbocycles. The van der Waals surface area contributed by atoms with Gasteiger partial charge >= 0.3 is 0 Å². The van der Waals surface area contributed by atoms with Crippen LogP contribution in [-0.4, -0.2) is 38.2 Å². The minimum atomic E-state index is -0.466. The van der Waals surface area contributed by atoms with Crippen molar-refractivity contribution in [3.63, 3.8) is 0 Å². The Morgan fingerprint density at radius 2 is 1.73 bits per heavy atom. The topological polar surface area (TPSA) is 85.9 Å². The zero-order valence-corrected chi connectivity index (χ0v) is 13.8. The molecule has 1 aliphatic heterocycles. The van der Waals surface area contributed by atoms with Gasteiger partial charge < -0.3 is 24.8 Å². The van der Waals surface area contributed by atoms with Crippen molar-refractivity contribution in [2.75, 3.05) is 31.7 Å². The van der Waals surface area contributed by atoms with Gasteiger partial charge in [0.25, 0.3) is 5.91 Å². The molecule has 2 amide bonds. The summed E-state index contributed by atoms with van der Waals surface area (Å²) in [6, 6.07) is 10.3. The number of halogens is 1. The van der Waals surface area contributed by atoms with Gasteiger partial charge in [0.05, 0.1) is 6.54 Å². The van der Waals surface area contributed by atoms with E-state index in [1.165, 1.54) is 24.3 Å². The van der Waals surface area contributed by atoms with Crippen LogP contribution >= 0.6 is 0 Å². The van der Waals surface area contributed by atoms with Crippen LogP contribution in [0.5, 0.6) is 17.2 Å². The predicted molar refractivity (Wildman–Crippen MR) is 91.0 cm³/mol. The Balaban J connectivity index is 1.42. The highest BCUT2D eigenvalue weighted by atomic mass is 19.1. The van der Waals surface area contributed by atoms with Gasteiger partial charge in [-0.2, -0.15) is 0 Å². The summed E-state index contributed by atoms with van der Waals surface area (Å²) in [5.41, 5.74) is 0.538. The van der Waals surface area contributed by atoms with Gasteiger partial charge in [0.1, 0.15) is 24.8 Å². The van der Waals surface area contributed by atoms with E-state index in [0.29, 0.717) is 36.1 Å². The quantitative estimate of drug-likeness (QED) is 0.819. The normalized spacial score (nSPS) is 12.2. The number of nitrogens with one attached hydrogen (secondary N) is 2. The molecule has 0 saturated carbocycles. The standard InChI is InChI=1S/C18H17FN2O5/c19-12-1-4-14(5-2-12)26-11-18(23)20-10-17(22)21-13-3-6-15-16(9-13)25-8-7-24-15/h1-6,9H,7-8,10-11H2,(H,20,23)(H,21,22). The monoisotopic (exact) mass is 360 g/mol. The summed E-state index contributed by atoms with van der Waals surface area (Å²) >= 11 is 0. The van der Waals surface area contributed by atoms with E-state index in [9.17, 15) is 14.0 Å². The molecule has 2 aromatic rings. The van der Waals surface area contributed by atoms with Gasteiger partial charge in [-0.1, -0.05) is 0 Å². The first-order valence-electron chi connectivity index (χ1n) is 7.95. The summed E-state index contributed by atoms with van der Waals surface area (Å²) in [7, 11) is 0. The maximum absolute atomic E-state index is 12.8. The predicted octanol–water partition coefficient (Wildman–Crippen LogP) is 1.73. The molecule has 136 valence electrons. The first-order valence-corrected chi connectivity index (χ1v) is 7.95. The zero-order chi connectivity index (χ0) is 18.4. The summed E-state index contributed by atoms with van der Waals surface area (Å²) in [6.45, 7) is 0.461. The smallest absolute Gasteiger partial charge is 0.258 e. The molecule has 0 bridgehead atoms. The molecule has 8 heteroatoms. The van der Waals surface area contributed by atoms with E-state index in [2.05, 4.69) is 10.6 Å². The fraction of sp³-hybridized carbons (Fsp3) is 0.222. The average molecular weight is 360 g/mol. The largest absolute Gasteiger partial charge is 0.486 e. The molecule has 0 atom stereocenters. The van der Waals surface area contributed by atoms with Gasteiger partial charge in [0, 0.05) is 11.8 Å². The molecule has 2 aromatic carbocycles. The molecule has 7 nitrogen and oxygen atoms in total. The van der Waals surface area contributed by atoms with E-state index in [1.807, 2.05) is 0 Å². The number of benzene rings is 2. The number of fused-ring (bicyclic) bond motifs is 1. The summed E-state index contributed by atoms with van der Waals surface area (Å²) < 4.78 is 28.8. The fourth-order valence-electron chi connectivity index (χ4n) is 2.24. The summed E-state index contributed by atoms with van der Waals surface area (Å²) in [4.78, 5) is 23.6. The number of amides is 2. The number of anilines is 1. The molecule has 0 fully saturated rings. The third-order valence-electron chi connectivity index (χ3n) is 3.46. The molecule has 0 spiro atoms. The third kappa shape index (κ3) is 4.85. The van der Waals surface area contributed by atoms with Crippen molar-refractivity contribution in [1.29, 1.82) is 0 Å². The van der Waals surface area contributed by atoms with Crippen LogP contribution in [0.4, 0.5) is 10.1 Å². The van der Waals surface area contributed by atoms with E-state index in [-0.39, 0.29) is 13.2 Å². The van der Waals surface area contributed by atoms with Gasteiger partial charge in [-0.05, 0) is 36.4 Å². The lowest BCUT2D eigenvalue weighted by atomic mass is 10.2. The molecule has 1 aliphatic rings. The molecule has 0 unspecified atom stereocenters. The van der Waals surface area contributed by atoms with Crippen molar-refractivity contribution in [2.45, 2.75) is 0 Å².